The van der Waals surface area contributed by atoms with E-state index in [4.69, 9.17) is 5.11 Å². The number of aliphatic hydroxyl groups is 2. The Balaban J connectivity index is 0.000000465. The lowest BCUT2D eigenvalue weighted by atomic mass is 9.52. The molecule has 4 atom stereocenters. The van der Waals surface area contributed by atoms with Crippen LogP contribution in [0.3, 0.4) is 0 Å². The van der Waals surface area contributed by atoms with Gasteiger partial charge in [-0.05, 0) is 42.6 Å². The first kappa shape index (κ1) is 22.0. The van der Waals surface area contributed by atoms with E-state index < -0.39 is 6.10 Å². The van der Waals surface area contributed by atoms with Crippen LogP contribution in [0.1, 0.15) is 73.1 Å². The molecule has 3 aliphatic rings. The molecule has 0 spiro atoms. The Labute approximate surface area is 163 Å². The van der Waals surface area contributed by atoms with E-state index in [-0.39, 0.29) is 28.8 Å². The van der Waals surface area contributed by atoms with E-state index >= 15 is 0 Å². The van der Waals surface area contributed by atoms with Crippen molar-refractivity contribution in [1.29, 1.82) is 0 Å². The monoisotopic (exact) mass is 376 g/mol. The lowest BCUT2D eigenvalue weighted by Gasteiger charge is -2.52. The van der Waals surface area contributed by atoms with Crippen LogP contribution in [0.4, 0.5) is 0 Å². The van der Waals surface area contributed by atoms with E-state index in [1.165, 1.54) is 0 Å². The van der Waals surface area contributed by atoms with Crippen LogP contribution in [0.25, 0.3) is 0 Å². The normalized spacial score (nSPS) is 33.2. The predicted octanol–water partition coefficient (Wildman–Crippen LogP) is 4.00. The number of ketones is 2. The molecule has 0 saturated heterocycles. The molecule has 2 N–H and O–H groups in total. The number of hydrogen-bond acceptors (Lipinski definition) is 4. The number of carbonyl (C=O) groups is 2. The Morgan fingerprint density at radius 2 is 1.93 bits per heavy atom. The predicted molar refractivity (Wildman–Crippen MR) is 107 cm³/mol. The van der Waals surface area contributed by atoms with Crippen LogP contribution in [0, 0.1) is 23.2 Å². The second-order valence-corrected chi connectivity index (χ2v) is 8.97. The van der Waals surface area contributed by atoms with E-state index in [0.717, 1.165) is 37.7 Å². The maximum atomic E-state index is 12.8. The Morgan fingerprint density at radius 1 is 1.26 bits per heavy atom. The summed E-state index contributed by atoms with van der Waals surface area (Å²) in [7, 11) is 0. The highest BCUT2D eigenvalue weighted by Gasteiger charge is 2.53. The van der Waals surface area contributed by atoms with Gasteiger partial charge in [0.05, 0.1) is 6.10 Å². The van der Waals surface area contributed by atoms with Crippen LogP contribution >= 0.6 is 0 Å². The third kappa shape index (κ3) is 4.12. The van der Waals surface area contributed by atoms with Gasteiger partial charge < -0.3 is 10.2 Å². The van der Waals surface area contributed by atoms with Crippen molar-refractivity contribution in [2.75, 3.05) is 6.61 Å². The number of rotatable bonds is 3. The highest BCUT2D eigenvalue weighted by Crippen LogP contribution is 2.56. The summed E-state index contributed by atoms with van der Waals surface area (Å²) in [5.41, 5.74) is 1.87. The average molecular weight is 377 g/mol. The van der Waals surface area contributed by atoms with Crippen LogP contribution in [-0.4, -0.2) is 34.5 Å². The smallest absolute Gasteiger partial charge is 0.230 e. The second kappa shape index (κ2) is 8.83. The summed E-state index contributed by atoms with van der Waals surface area (Å²) in [5, 5.41) is 18.8. The summed E-state index contributed by atoms with van der Waals surface area (Å²) < 4.78 is 0. The van der Waals surface area contributed by atoms with Crippen LogP contribution in [0.5, 0.6) is 0 Å². The first-order chi connectivity index (χ1) is 12.7. The molecular formula is C23H36O4. The topological polar surface area (TPSA) is 74.6 Å². The summed E-state index contributed by atoms with van der Waals surface area (Å²) in [5.74, 6) is -0.122. The maximum absolute atomic E-state index is 12.8. The van der Waals surface area contributed by atoms with Gasteiger partial charge >= 0.3 is 0 Å². The van der Waals surface area contributed by atoms with Crippen molar-refractivity contribution >= 4 is 11.6 Å². The van der Waals surface area contributed by atoms with E-state index in [1.807, 2.05) is 19.9 Å². The molecule has 1 fully saturated rings. The van der Waals surface area contributed by atoms with E-state index in [9.17, 15) is 14.7 Å². The SMILES string of the molecule is CC(C)C1=CC2=C(C(=O)C1=O)C1(C)CCCC(C)C1[C@@H](O)C2.CCCCO. The minimum absolute atomic E-state index is 0.0402. The van der Waals surface area contributed by atoms with Gasteiger partial charge in [-0.1, -0.05) is 60.0 Å². The third-order valence-electron chi connectivity index (χ3n) is 6.60. The minimum atomic E-state index is -0.412. The van der Waals surface area contributed by atoms with Crippen molar-refractivity contribution in [3.05, 3.63) is 22.8 Å². The molecule has 27 heavy (non-hydrogen) atoms. The Bertz CT molecular complexity index is 641. The molecule has 1 saturated carbocycles. The number of unbranched alkanes of at least 4 members (excludes halogenated alkanes) is 1. The van der Waals surface area contributed by atoms with Crippen LogP contribution in [0.2, 0.25) is 0 Å². The van der Waals surface area contributed by atoms with Gasteiger partial charge in [0.15, 0.2) is 0 Å². The number of carbonyl (C=O) groups excluding carboxylic acids is 2. The molecule has 4 nitrogen and oxygen atoms in total. The molecule has 0 bridgehead atoms. The largest absolute Gasteiger partial charge is 0.396 e. The highest BCUT2D eigenvalue weighted by molar-refractivity contribution is 6.50. The maximum Gasteiger partial charge on any atom is 0.230 e. The molecule has 0 amide bonds. The Morgan fingerprint density at radius 3 is 2.44 bits per heavy atom. The molecule has 0 aromatic rings. The van der Waals surface area contributed by atoms with Gasteiger partial charge in [0, 0.05) is 23.2 Å². The third-order valence-corrected chi connectivity index (χ3v) is 6.60. The lowest BCUT2D eigenvalue weighted by molar-refractivity contribution is -0.134. The molecule has 0 aliphatic heterocycles. The number of allylic oxidation sites excluding steroid dienone is 3. The molecule has 0 aromatic heterocycles. The minimum Gasteiger partial charge on any atom is -0.396 e. The summed E-state index contributed by atoms with van der Waals surface area (Å²) in [6.45, 7) is 10.5. The van der Waals surface area contributed by atoms with Gasteiger partial charge in [-0.2, -0.15) is 0 Å². The fourth-order valence-electron chi connectivity index (χ4n) is 5.30. The summed E-state index contributed by atoms with van der Waals surface area (Å²) in [6.07, 6.45) is 7.07. The van der Waals surface area contributed by atoms with Crippen molar-refractivity contribution in [3.63, 3.8) is 0 Å². The first-order valence-corrected chi connectivity index (χ1v) is 10.5. The molecule has 0 heterocycles. The molecule has 0 radical (unpaired) electrons. The van der Waals surface area contributed by atoms with Crippen molar-refractivity contribution < 1.29 is 19.8 Å². The van der Waals surface area contributed by atoms with Gasteiger partial charge in [0.2, 0.25) is 11.6 Å². The van der Waals surface area contributed by atoms with Gasteiger partial charge in [-0.15, -0.1) is 0 Å². The highest BCUT2D eigenvalue weighted by atomic mass is 16.3. The summed E-state index contributed by atoms with van der Waals surface area (Å²) >= 11 is 0. The number of fused-ring (bicyclic) bond motifs is 2. The lowest BCUT2D eigenvalue weighted by Crippen LogP contribution is -2.51. The van der Waals surface area contributed by atoms with Crippen LogP contribution in [-0.2, 0) is 9.59 Å². The van der Waals surface area contributed by atoms with E-state index in [1.54, 1.807) is 0 Å². The molecule has 3 aliphatic carbocycles. The van der Waals surface area contributed by atoms with Gasteiger partial charge in [-0.3, -0.25) is 9.59 Å². The molecular weight excluding hydrogens is 340 g/mol. The zero-order valence-electron chi connectivity index (χ0n) is 17.5. The van der Waals surface area contributed by atoms with E-state index in [2.05, 4.69) is 20.8 Å². The van der Waals surface area contributed by atoms with Crippen molar-refractivity contribution in [1.82, 2.24) is 0 Å². The van der Waals surface area contributed by atoms with Crippen LogP contribution in [0.15, 0.2) is 22.8 Å². The van der Waals surface area contributed by atoms with Crippen molar-refractivity contribution in [2.24, 2.45) is 23.2 Å². The quantitative estimate of drug-likeness (QED) is 0.577. The molecule has 152 valence electrons. The molecule has 3 unspecified atom stereocenters. The van der Waals surface area contributed by atoms with Crippen molar-refractivity contribution in [2.45, 2.75) is 79.2 Å². The molecule has 4 heteroatoms. The average Bonchev–Trinajstić information content (AvgIpc) is 2.58. The zero-order chi connectivity index (χ0) is 20.4. The van der Waals surface area contributed by atoms with Gasteiger partial charge in [0.25, 0.3) is 0 Å². The Hall–Kier alpha value is -1.26. The van der Waals surface area contributed by atoms with Gasteiger partial charge in [0.1, 0.15) is 0 Å². The first-order valence-electron chi connectivity index (χ1n) is 10.5. The fourth-order valence-corrected chi connectivity index (χ4v) is 5.30. The number of aliphatic hydroxyl groups excluding tert-OH is 2. The Kier molecular flexibility index (Phi) is 7.20. The zero-order valence-corrected chi connectivity index (χ0v) is 17.5. The fraction of sp³-hybridized carbons (Fsp3) is 0.739. The van der Waals surface area contributed by atoms with Crippen LogP contribution < -0.4 is 0 Å². The summed E-state index contributed by atoms with van der Waals surface area (Å²) in [4.78, 5) is 25.3. The van der Waals surface area contributed by atoms with Gasteiger partial charge in [-0.25, -0.2) is 0 Å². The van der Waals surface area contributed by atoms with Crippen molar-refractivity contribution in [3.8, 4) is 0 Å². The molecule has 0 aromatic carbocycles. The van der Waals surface area contributed by atoms with E-state index in [0.29, 0.717) is 30.1 Å². The number of Topliss-reactive ketones (excluding diaryl/α,β-unsaturated/α-hetero) is 2. The summed E-state index contributed by atoms with van der Waals surface area (Å²) in [6, 6.07) is 0. The standard InChI is InChI=1S/C19H26O3.C4H10O/c1-10(2)13-8-12-9-14(20)15-11(3)6-5-7-19(15,4)16(12)18(22)17(13)21;1-2-3-4-5/h8,10-11,14-15,20H,5-7,9H2,1-4H3;5H,2-4H2,1H3/t11?,14-,15?,19?;/m0./s1. The molecule has 3 rings (SSSR count). The second-order valence-electron chi connectivity index (χ2n) is 8.97. The number of hydrogen-bond donors (Lipinski definition) is 2.